The van der Waals surface area contributed by atoms with Crippen LogP contribution in [0.1, 0.15) is 16.7 Å². The summed E-state index contributed by atoms with van der Waals surface area (Å²) in [7, 11) is 0. The van der Waals surface area contributed by atoms with Crippen molar-refractivity contribution >= 4 is 107 Å². The van der Waals surface area contributed by atoms with Gasteiger partial charge in [0.05, 0.1) is 56.0 Å². The highest BCUT2D eigenvalue weighted by Gasteiger charge is 2.25. The van der Waals surface area contributed by atoms with E-state index in [0.717, 1.165) is 71.3 Å². The predicted molar refractivity (Wildman–Crippen MR) is 287 cm³/mol. The number of para-hydroxylation sites is 2. The van der Waals surface area contributed by atoms with Gasteiger partial charge in [0.25, 0.3) is 0 Å². The van der Waals surface area contributed by atoms with Gasteiger partial charge in [0.15, 0.2) is 5.82 Å². The van der Waals surface area contributed by atoms with Crippen LogP contribution in [0, 0.1) is 34.0 Å². The largest absolute Gasteiger partial charge is 0.307 e. The van der Waals surface area contributed by atoms with Crippen molar-refractivity contribution in [1.29, 1.82) is 15.8 Å². The Hall–Kier alpha value is -9.43. The molecule has 5 aromatic heterocycles. The highest BCUT2D eigenvalue weighted by molar-refractivity contribution is 7.26. The number of hydrogen-bond acceptors (Lipinski definition) is 7. The number of nitriles is 3. The quantitative estimate of drug-likeness (QED) is 0.171. The van der Waals surface area contributed by atoms with Crippen molar-refractivity contribution < 1.29 is 0 Å². The Morgan fingerprint density at radius 2 is 0.814 bits per heavy atom. The molecule has 0 atom stereocenters. The molecule has 7 nitrogen and oxygen atoms in total. The molecule has 0 saturated carbocycles. The third-order valence-electron chi connectivity index (χ3n) is 13.7. The monoisotopic (exact) mass is 925 g/mol. The number of aromatic nitrogens is 4. The second kappa shape index (κ2) is 15.3. The summed E-state index contributed by atoms with van der Waals surface area (Å²) in [5.74, 6) is 0.415. The van der Waals surface area contributed by atoms with Gasteiger partial charge in [-0.25, -0.2) is 9.97 Å². The molecule has 0 aliphatic heterocycles. The maximum Gasteiger partial charge on any atom is 0.160 e. The summed E-state index contributed by atoms with van der Waals surface area (Å²) < 4.78 is 9.18. The Labute approximate surface area is 407 Å². The molecule has 0 fully saturated rings. The van der Waals surface area contributed by atoms with Crippen LogP contribution in [0.3, 0.4) is 0 Å². The first-order valence-corrected chi connectivity index (χ1v) is 24.4. The van der Waals surface area contributed by atoms with Crippen molar-refractivity contribution in [2.45, 2.75) is 0 Å². The summed E-state index contributed by atoms with van der Waals surface area (Å²) in [4.78, 5) is 10.2. The van der Waals surface area contributed by atoms with Gasteiger partial charge < -0.3 is 9.13 Å². The molecule has 14 rings (SSSR count). The number of hydrogen-bond donors (Lipinski definition) is 0. The van der Waals surface area contributed by atoms with Crippen LogP contribution in [0.4, 0.5) is 0 Å². The van der Waals surface area contributed by atoms with Crippen molar-refractivity contribution in [3.8, 4) is 63.5 Å². The molecule has 0 radical (unpaired) electrons. The zero-order chi connectivity index (χ0) is 46.6. The van der Waals surface area contributed by atoms with Crippen LogP contribution in [-0.4, -0.2) is 19.1 Å². The number of benzene rings is 9. The minimum Gasteiger partial charge on any atom is -0.307 e. The van der Waals surface area contributed by atoms with E-state index in [2.05, 4.69) is 137 Å². The zero-order valence-corrected chi connectivity index (χ0v) is 38.5. The normalized spacial score (nSPS) is 11.7. The molecular weight excluding hydrogens is 895 g/mol. The van der Waals surface area contributed by atoms with Crippen LogP contribution in [0.15, 0.2) is 188 Å². The van der Waals surface area contributed by atoms with Gasteiger partial charge >= 0.3 is 0 Å². The Kier molecular flexibility index (Phi) is 8.68. The molecule has 5 heterocycles. The minimum atomic E-state index is 0.236. The highest BCUT2D eigenvalue weighted by Crippen LogP contribution is 2.46. The molecule has 0 unspecified atom stereocenters. The van der Waals surface area contributed by atoms with Gasteiger partial charge in [-0.2, -0.15) is 15.8 Å². The van der Waals surface area contributed by atoms with E-state index in [9.17, 15) is 15.8 Å². The fourth-order valence-corrected chi connectivity index (χ4v) is 12.9. The lowest BCUT2D eigenvalue weighted by Gasteiger charge is -2.16. The molecular formula is C61H31N7S2. The summed E-state index contributed by atoms with van der Waals surface area (Å²) >= 11 is 3.53. The smallest absolute Gasteiger partial charge is 0.160 e. The average Bonchev–Trinajstić information content (AvgIpc) is 4.18. The van der Waals surface area contributed by atoms with Gasteiger partial charge in [0.1, 0.15) is 23.8 Å². The van der Waals surface area contributed by atoms with E-state index in [-0.39, 0.29) is 5.56 Å². The molecule has 70 heavy (non-hydrogen) atoms. The molecule has 0 saturated heterocycles. The van der Waals surface area contributed by atoms with E-state index in [4.69, 9.17) is 9.97 Å². The summed E-state index contributed by atoms with van der Waals surface area (Å²) in [6, 6.07) is 71.1. The molecule has 0 N–H and O–H groups in total. The number of fused-ring (bicyclic) bond motifs is 14. The molecule has 0 amide bonds. The van der Waals surface area contributed by atoms with Crippen molar-refractivity contribution in [3.05, 3.63) is 205 Å². The molecule has 9 aromatic carbocycles. The van der Waals surface area contributed by atoms with Crippen molar-refractivity contribution in [2.75, 3.05) is 0 Å². The first-order chi connectivity index (χ1) is 34.6. The van der Waals surface area contributed by atoms with Gasteiger partial charge in [-0.15, -0.1) is 22.7 Å². The van der Waals surface area contributed by atoms with Crippen LogP contribution in [0.2, 0.25) is 0 Å². The molecule has 322 valence electrons. The van der Waals surface area contributed by atoms with Gasteiger partial charge in [0.2, 0.25) is 0 Å². The lowest BCUT2D eigenvalue weighted by atomic mass is 9.97. The Morgan fingerprint density at radius 1 is 0.371 bits per heavy atom. The lowest BCUT2D eigenvalue weighted by molar-refractivity contribution is 1.15. The Balaban J connectivity index is 0.982. The molecule has 0 bridgehead atoms. The Morgan fingerprint density at radius 3 is 1.29 bits per heavy atom. The van der Waals surface area contributed by atoms with E-state index in [1.807, 2.05) is 78.9 Å². The topological polar surface area (TPSA) is 107 Å². The van der Waals surface area contributed by atoms with Crippen LogP contribution in [0.25, 0.3) is 129 Å². The minimum absolute atomic E-state index is 0.236. The van der Waals surface area contributed by atoms with E-state index in [0.29, 0.717) is 39.5 Å². The van der Waals surface area contributed by atoms with E-state index in [1.54, 1.807) is 22.7 Å². The summed E-state index contributed by atoms with van der Waals surface area (Å²) in [5.41, 5.74) is 9.33. The lowest BCUT2D eigenvalue weighted by Crippen LogP contribution is -2.04. The fourth-order valence-electron chi connectivity index (χ4n) is 10.7. The number of rotatable bonds is 5. The third-order valence-corrected chi connectivity index (χ3v) is 15.9. The maximum atomic E-state index is 11.2. The van der Waals surface area contributed by atoms with Crippen molar-refractivity contribution in [1.82, 2.24) is 19.1 Å². The molecule has 9 heteroatoms. The molecule has 14 aromatic rings. The van der Waals surface area contributed by atoms with Crippen LogP contribution >= 0.6 is 22.7 Å². The van der Waals surface area contributed by atoms with E-state index in [1.165, 1.54) is 29.6 Å². The zero-order valence-electron chi connectivity index (χ0n) is 36.8. The van der Waals surface area contributed by atoms with Gasteiger partial charge in [-0.1, -0.05) is 127 Å². The van der Waals surface area contributed by atoms with Crippen molar-refractivity contribution in [3.63, 3.8) is 0 Å². The van der Waals surface area contributed by atoms with Crippen LogP contribution in [-0.2, 0) is 0 Å². The maximum absolute atomic E-state index is 11.2. The first-order valence-electron chi connectivity index (χ1n) is 22.7. The van der Waals surface area contributed by atoms with Gasteiger partial charge in [0, 0.05) is 78.6 Å². The Bertz CT molecular complexity index is 4430. The first kappa shape index (κ1) is 39.7. The molecule has 0 aliphatic rings. The average molecular weight is 926 g/mol. The number of nitrogens with zero attached hydrogens (tertiary/aromatic N) is 7. The standard InChI is InChI=1S/C61H31N7S2/c62-32-38-30-36(22-26-47(38)67-49-18-8-4-14-40(49)42-24-28-53-55(59(42)67)44-16-6-10-20-51(44)69-53)57-46(34-64)58(66-61(65-57)35-12-2-1-3-13-35)37-23-27-48(39(31-37)33-63)68-50-19-9-5-15-41(50)43-25-29-54-56(60(43)68)45-17-7-11-21-52(45)70-54/h1-31H. The SMILES string of the molecule is N#Cc1cc(-c2nc(-c3ccccc3)nc(-c3ccc(-n4c5ccccc5c5ccc6sc7ccccc7c6c54)c(C#N)c3)c2C#N)ccc1-n1c2ccccc2c2ccc3sc4ccccc4c3c21. The third kappa shape index (κ3) is 5.70. The fraction of sp³-hybridized carbons (Fsp3) is 0. The number of thiophene rings is 2. The summed E-state index contributed by atoms with van der Waals surface area (Å²) in [5, 5.41) is 42.4. The molecule has 0 aliphatic carbocycles. The summed E-state index contributed by atoms with van der Waals surface area (Å²) in [6.45, 7) is 0. The van der Waals surface area contributed by atoms with Gasteiger partial charge in [-0.3, -0.25) is 0 Å². The highest BCUT2D eigenvalue weighted by atomic mass is 32.1. The summed E-state index contributed by atoms with van der Waals surface area (Å²) in [6.07, 6.45) is 0. The van der Waals surface area contributed by atoms with Gasteiger partial charge in [-0.05, 0) is 60.7 Å². The predicted octanol–water partition coefficient (Wildman–Crippen LogP) is 16.0. The van der Waals surface area contributed by atoms with E-state index >= 15 is 0 Å². The van der Waals surface area contributed by atoms with Crippen molar-refractivity contribution in [2.24, 2.45) is 0 Å². The van der Waals surface area contributed by atoms with Crippen LogP contribution < -0.4 is 0 Å². The second-order valence-electron chi connectivity index (χ2n) is 17.4. The van der Waals surface area contributed by atoms with E-state index < -0.39 is 0 Å². The van der Waals surface area contributed by atoms with Crippen LogP contribution in [0.5, 0.6) is 0 Å². The molecule has 0 spiro atoms. The second-order valence-corrected chi connectivity index (χ2v) is 19.5.